The highest BCUT2D eigenvalue weighted by Crippen LogP contribution is 2.37. The van der Waals surface area contributed by atoms with Gasteiger partial charge < -0.3 is 4.43 Å². The maximum atomic E-state index is 12.2. The highest BCUT2D eigenvalue weighted by Gasteiger charge is 2.37. The molecule has 2 unspecified atom stereocenters. The first-order chi connectivity index (χ1) is 9.69. The van der Waals surface area contributed by atoms with E-state index in [1.807, 2.05) is 6.08 Å². The van der Waals surface area contributed by atoms with Crippen LogP contribution < -0.4 is 0 Å². The average Bonchev–Trinajstić information content (AvgIpc) is 2.70. The van der Waals surface area contributed by atoms with Crippen LogP contribution in [-0.2, 0) is 9.22 Å². The molecule has 0 aromatic rings. The van der Waals surface area contributed by atoms with Crippen molar-refractivity contribution in [3.05, 3.63) is 12.7 Å². The third-order valence-electron chi connectivity index (χ3n) is 5.34. The molecule has 0 bridgehead atoms. The van der Waals surface area contributed by atoms with Crippen LogP contribution in [-0.4, -0.2) is 20.7 Å². The summed E-state index contributed by atoms with van der Waals surface area (Å²) in [6, 6.07) is 0. The van der Waals surface area contributed by atoms with Crippen molar-refractivity contribution in [2.75, 3.05) is 6.61 Å². The van der Waals surface area contributed by atoms with Crippen molar-refractivity contribution in [1.82, 2.24) is 0 Å². The lowest BCUT2D eigenvalue weighted by molar-refractivity contribution is -0.124. The van der Waals surface area contributed by atoms with E-state index >= 15 is 0 Å². The highest BCUT2D eigenvalue weighted by molar-refractivity contribution is 6.74. The molecule has 122 valence electrons. The molecule has 1 aliphatic carbocycles. The number of hydrogen-bond acceptors (Lipinski definition) is 2. The highest BCUT2D eigenvalue weighted by atomic mass is 28.4. The lowest BCUT2D eigenvalue weighted by Gasteiger charge is -2.36. The summed E-state index contributed by atoms with van der Waals surface area (Å²) in [5.74, 6) is 1.05. The Kier molecular flexibility index (Phi) is 6.86. The summed E-state index contributed by atoms with van der Waals surface area (Å²) in [5, 5.41) is 0.284. The molecule has 0 heterocycles. The third kappa shape index (κ3) is 5.37. The summed E-state index contributed by atoms with van der Waals surface area (Å²) in [7, 11) is -1.60. The molecule has 0 aromatic heterocycles. The third-order valence-corrected chi connectivity index (χ3v) is 9.87. The Morgan fingerprint density at radius 3 is 2.43 bits per heavy atom. The van der Waals surface area contributed by atoms with Crippen LogP contribution in [0.5, 0.6) is 0 Å². The Bertz CT molecular complexity index is 355. The number of hydrogen-bond donors (Lipinski definition) is 0. The SMILES string of the molecule is C=CCC1CCC(CCCCO[Si](C)(C)C(C)(C)C)C1=O. The van der Waals surface area contributed by atoms with Crippen molar-refractivity contribution in [1.29, 1.82) is 0 Å². The topological polar surface area (TPSA) is 26.3 Å². The Hall–Kier alpha value is -0.413. The monoisotopic (exact) mass is 310 g/mol. The van der Waals surface area contributed by atoms with E-state index in [4.69, 9.17) is 4.43 Å². The maximum absolute atomic E-state index is 12.2. The van der Waals surface area contributed by atoms with Gasteiger partial charge in [-0.1, -0.05) is 33.3 Å². The molecule has 0 amide bonds. The van der Waals surface area contributed by atoms with E-state index < -0.39 is 8.32 Å². The molecule has 0 saturated heterocycles. The van der Waals surface area contributed by atoms with Gasteiger partial charge in [0.15, 0.2) is 8.32 Å². The zero-order valence-corrected chi connectivity index (χ0v) is 15.7. The minimum absolute atomic E-state index is 0.260. The van der Waals surface area contributed by atoms with Crippen LogP contribution in [0.2, 0.25) is 18.1 Å². The van der Waals surface area contributed by atoms with E-state index in [2.05, 4.69) is 40.4 Å². The molecule has 1 fully saturated rings. The second-order valence-electron chi connectivity index (χ2n) is 8.00. The van der Waals surface area contributed by atoms with Gasteiger partial charge in [-0.3, -0.25) is 4.79 Å². The molecule has 21 heavy (non-hydrogen) atoms. The van der Waals surface area contributed by atoms with Gasteiger partial charge >= 0.3 is 0 Å². The molecule has 1 aliphatic rings. The molecular formula is C18H34O2Si. The first-order valence-corrected chi connectivity index (χ1v) is 11.4. The summed E-state index contributed by atoms with van der Waals surface area (Å²) < 4.78 is 6.19. The fraction of sp³-hybridized carbons (Fsp3) is 0.833. The fourth-order valence-corrected chi connectivity index (χ4v) is 3.87. The van der Waals surface area contributed by atoms with Crippen molar-refractivity contribution >= 4 is 14.1 Å². The van der Waals surface area contributed by atoms with Crippen LogP contribution in [0.1, 0.15) is 59.3 Å². The molecule has 0 N–H and O–H groups in total. The van der Waals surface area contributed by atoms with E-state index in [-0.39, 0.29) is 11.0 Å². The minimum Gasteiger partial charge on any atom is -0.417 e. The van der Waals surface area contributed by atoms with E-state index in [1.165, 1.54) is 0 Å². The van der Waals surface area contributed by atoms with Gasteiger partial charge in [-0.15, -0.1) is 6.58 Å². The zero-order chi connectivity index (χ0) is 16.1. The molecular weight excluding hydrogens is 276 g/mol. The first-order valence-electron chi connectivity index (χ1n) is 8.47. The summed E-state index contributed by atoms with van der Waals surface area (Å²) in [5.41, 5.74) is 0. The molecule has 2 atom stereocenters. The van der Waals surface area contributed by atoms with Crippen LogP contribution in [0.4, 0.5) is 0 Å². The van der Waals surface area contributed by atoms with Crippen LogP contribution in [0, 0.1) is 11.8 Å². The van der Waals surface area contributed by atoms with E-state index in [1.54, 1.807) is 0 Å². The number of allylic oxidation sites excluding steroid dienone is 1. The summed E-state index contributed by atoms with van der Waals surface area (Å²) in [6.45, 7) is 16.0. The molecule has 0 aromatic carbocycles. The second-order valence-corrected chi connectivity index (χ2v) is 12.8. The average molecular weight is 311 g/mol. The lowest BCUT2D eigenvalue weighted by Crippen LogP contribution is -2.40. The van der Waals surface area contributed by atoms with Crippen molar-refractivity contribution in [3.8, 4) is 0 Å². The Morgan fingerprint density at radius 1 is 1.24 bits per heavy atom. The summed E-state index contributed by atoms with van der Waals surface area (Å²) in [4.78, 5) is 12.2. The van der Waals surface area contributed by atoms with E-state index in [0.29, 0.717) is 11.7 Å². The lowest BCUT2D eigenvalue weighted by atomic mass is 9.96. The molecule has 1 saturated carbocycles. The van der Waals surface area contributed by atoms with Gasteiger partial charge in [-0.25, -0.2) is 0 Å². The van der Waals surface area contributed by atoms with Crippen LogP contribution in [0.15, 0.2) is 12.7 Å². The Labute approximate surface area is 132 Å². The number of unbranched alkanes of at least 4 members (excludes halogenated alkanes) is 1. The smallest absolute Gasteiger partial charge is 0.191 e. The number of carbonyl (C=O) groups is 1. The molecule has 2 nitrogen and oxygen atoms in total. The largest absolute Gasteiger partial charge is 0.417 e. The number of rotatable bonds is 8. The van der Waals surface area contributed by atoms with E-state index in [9.17, 15) is 4.79 Å². The minimum atomic E-state index is -1.60. The molecule has 0 spiro atoms. The Morgan fingerprint density at radius 2 is 1.86 bits per heavy atom. The molecule has 0 radical (unpaired) electrons. The van der Waals surface area contributed by atoms with Crippen LogP contribution in [0.25, 0.3) is 0 Å². The van der Waals surface area contributed by atoms with Crippen LogP contribution in [0.3, 0.4) is 0 Å². The quantitative estimate of drug-likeness (QED) is 0.343. The van der Waals surface area contributed by atoms with Gasteiger partial charge in [-0.05, 0) is 50.2 Å². The first kappa shape index (κ1) is 18.6. The van der Waals surface area contributed by atoms with Gasteiger partial charge in [0.2, 0.25) is 0 Å². The maximum Gasteiger partial charge on any atom is 0.191 e. The number of ketones is 1. The normalized spacial score (nSPS) is 23.6. The van der Waals surface area contributed by atoms with Crippen LogP contribution >= 0.6 is 0 Å². The fourth-order valence-electron chi connectivity index (χ4n) is 2.78. The van der Waals surface area contributed by atoms with Crippen molar-refractivity contribution in [2.24, 2.45) is 11.8 Å². The van der Waals surface area contributed by atoms with Gasteiger partial charge in [0.1, 0.15) is 5.78 Å². The Balaban J connectivity index is 2.21. The van der Waals surface area contributed by atoms with Crippen molar-refractivity contribution < 1.29 is 9.22 Å². The second kappa shape index (κ2) is 7.73. The standard InChI is InChI=1S/C18H34O2Si/c1-7-10-15-12-13-16(17(15)19)11-8-9-14-20-21(5,6)18(2,3)4/h7,15-16H,1,8-14H2,2-6H3. The summed E-state index contributed by atoms with van der Waals surface area (Å²) >= 11 is 0. The van der Waals surface area contributed by atoms with E-state index in [0.717, 1.165) is 45.1 Å². The van der Waals surface area contributed by atoms with Gasteiger partial charge in [0.05, 0.1) is 0 Å². The van der Waals surface area contributed by atoms with Gasteiger partial charge in [0.25, 0.3) is 0 Å². The van der Waals surface area contributed by atoms with Gasteiger partial charge in [0, 0.05) is 18.4 Å². The predicted molar refractivity (Wildman–Crippen MR) is 93.0 cm³/mol. The molecule has 3 heteroatoms. The molecule has 1 rings (SSSR count). The zero-order valence-electron chi connectivity index (χ0n) is 14.7. The number of Topliss-reactive ketones (excluding diaryl/α,β-unsaturated/α-hetero) is 1. The summed E-state index contributed by atoms with van der Waals surface area (Å²) in [6.07, 6.45) is 8.15. The number of carbonyl (C=O) groups excluding carboxylic acids is 1. The van der Waals surface area contributed by atoms with Crippen molar-refractivity contribution in [3.63, 3.8) is 0 Å². The predicted octanol–water partition coefficient (Wildman–Crippen LogP) is 5.35. The van der Waals surface area contributed by atoms with Crippen molar-refractivity contribution in [2.45, 2.75) is 77.4 Å². The molecule has 0 aliphatic heterocycles. The van der Waals surface area contributed by atoms with Gasteiger partial charge in [-0.2, -0.15) is 0 Å².